The van der Waals surface area contributed by atoms with Crippen LogP contribution in [0.4, 0.5) is 10.1 Å². The van der Waals surface area contributed by atoms with Crippen molar-refractivity contribution in [3.63, 3.8) is 0 Å². The lowest BCUT2D eigenvalue weighted by Gasteiger charge is -2.13. The molecule has 0 aliphatic rings. The Kier molecular flexibility index (Phi) is 5.87. The Morgan fingerprint density at radius 3 is 2.45 bits per heavy atom. The fourth-order valence-corrected chi connectivity index (χ4v) is 2.55. The first-order chi connectivity index (χ1) is 13.8. The molecule has 0 saturated heterocycles. The van der Waals surface area contributed by atoms with E-state index in [0.29, 0.717) is 22.6 Å². The molecule has 1 N–H and O–H groups in total. The number of nitrogens with one attached hydrogen (secondary N) is 1. The standard InChI is InChI=1S/C22H18FNO5/c1-13(25)16-4-3-5-18(12-16)24-21(26)14(2)28-22(27)20-11-10-19(29-20)15-6-8-17(23)9-7-15/h3-12,14H,1-2H3,(H,24,26). The summed E-state index contributed by atoms with van der Waals surface area (Å²) < 4.78 is 23.6. The second-order valence-corrected chi connectivity index (χ2v) is 6.34. The van der Waals surface area contributed by atoms with Crippen LogP contribution in [0.1, 0.15) is 34.8 Å². The molecule has 2 aromatic carbocycles. The number of hydrogen-bond donors (Lipinski definition) is 1. The number of rotatable bonds is 6. The van der Waals surface area contributed by atoms with Crippen LogP contribution in [0.25, 0.3) is 11.3 Å². The van der Waals surface area contributed by atoms with Crippen LogP contribution in [-0.4, -0.2) is 23.8 Å². The third-order valence-corrected chi connectivity index (χ3v) is 4.13. The summed E-state index contributed by atoms with van der Waals surface area (Å²) >= 11 is 0. The van der Waals surface area contributed by atoms with Gasteiger partial charge in [0.25, 0.3) is 5.91 Å². The Labute approximate surface area is 166 Å². The molecule has 0 saturated carbocycles. The molecule has 29 heavy (non-hydrogen) atoms. The third-order valence-electron chi connectivity index (χ3n) is 4.13. The number of Topliss-reactive ketones (excluding diaryl/α,β-unsaturated/α-hetero) is 1. The van der Waals surface area contributed by atoms with Gasteiger partial charge in [-0.1, -0.05) is 12.1 Å². The first-order valence-corrected chi connectivity index (χ1v) is 8.82. The van der Waals surface area contributed by atoms with Crippen molar-refractivity contribution in [2.45, 2.75) is 20.0 Å². The number of esters is 1. The summed E-state index contributed by atoms with van der Waals surface area (Å²) in [5, 5.41) is 2.60. The van der Waals surface area contributed by atoms with Crippen LogP contribution in [0.15, 0.2) is 65.1 Å². The average molecular weight is 395 g/mol. The number of ether oxygens (including phenoxy) is 1. The van der Waals surface area contributed by atoms with Crippen LogP contribution >= 0.6 is 0 Å². The number of hydrogen-bond acceptors (Lipinski definition) is 5. The summed E-state index contributed by atoms with van der Waals surface area (Å²) in [6.07, 6.45) is -1.09. The molecule has 3 rings (SSSR count). The van der Waals surface area contributed by atoms with Gasteiger partial charge in [-0.05, 0) is 62.4 Å². The van der Waals surface area contributed by atoms with E-state index in [0.717, 1.165) is 0 Å². The molecule has 1 amide bonds. The highest BCUT2D eigenvalue weighted by Gasteiger charge is 2.22. The van der Waals surface area contributed by atoms with Crippen LogP contribution in [0.5, 0.6) is 0 Å². The van der Waals surface area contributed by atoms with E-state index in [-0.39, 0.29) is 17.4 Å². The van der Waals surface area contributed by atoms with E-state index < -0.39 is 18.0 Å². The Balaban J connectivity index is 1.63. The van der Waals surface area contributed by atoms with Gasteiger partial charge in [-0.25, -0.2) is 9.18 Å². The monoisotopic (exact) mass is 395 g/mol. The van der Waals surface area contributed by atoms with E-state index in [1.807, 2.05) is 0 Å². The Morgan fingerprint density at radius 1 is 1.03 bits per heavy atom. The van der Waals surface area contributed by atoms with E-state index in [4.69, 9.17) is 9.15 Å². The third kappa shape index (κ3) is 4.95. The minimum atomic E-state index is -1.09. The van der Waals surface area contributed by atoms with E-state index >= 15 is 0 Å². The minimum Gasteiger partial charge on any atom is -0.449 e. The highest BCUT2D eigenvalue weighted by molar-refractivity contribution is 5.99. The number of carbonyl (C=O) groups is 3. The quantitative estimate of drug-likeness (QED) is 0.492. The van der Waals surface area contributed by atoms with Crippen molar-refractivity contribution < 1.29 is 27.9 Å². The second kappa shape index (κ2) is 8.52. The maximum atomic E-state index is 13.0. The van der Waals surface area contributed by atoms with Crippen LogP contribution in [0.3, 0.4) is 0 Å². The molecule has 0 aliphatic heterocycles. The largest absolute Gasteiger partial charge is 0.449 e. The normalized spacial score (nSPS) is 11.6. The summed E-state index contributed by atoms with van der Waals surface area (Å²) in [6.45, 7) is 2.85. The van der Waals surface area contributed by atoms with Crippen molar-refractivity contribution in [3.05, 3.63) is 77.8 Å². The van der Waals surface area contributed by atoms with Crippen LogP contribution in [0.2, 0.25) is 0 Å². The molecule has 1 unspecified atom stereocenters. The van der Waals surface area contributed by atoms with Crippen molar-refractivity contribution in [1.29, 1.82) is 0 Å². The lowest BCUT2D eigenvalue weighted by atomic mass is 10.1. The molecular weight excluding hydrogens is 377 g/mol. The molecule has 1 atom stereocenters. The SMILES string of the molecule is CC(=O)c1cccc(NC(=O)C(C)OC(=O)c2ccc(-c3ccc(F)cc3)o2)c1. The van der Waals surface area contributed by atoms with Crippen molar-refractivity contribution in [1.82, 2.24) is 0 Å². The Bertz CT molecular complexity index is 1060. The molecule has 1 heterocycles. The molecule has 6 nitrogen and oxygen atoms in total. The van der Waals surface area contributed by atoms with Crippen LogP contribution < -0.4 is 5.32 Å². The van der Waals surface area contributed by atoms with Gasteiger partial charge in [-0.15, -0.1) is 0 Å². The summed E-state index contributed by atoms with van der Waals surface area (Å²) in [4.78, 5) is 36.0. The molecule has 3 aromatic rings. The number of anilines is 1. The second-order valence-electron chi connectivity index (χ2n) is 6.34. The zero-order chi connectivity index (χ0) is 21.0. The Hall–Kier alpha value is -3.74. The van der Waals surface area contributed by atoms with E-state index in [9.17, 15) is 18.8 Å². The number of benzene rings is 2. The molecule has 0 aliphatic carbocycles. The lowest BCUT2D eigenvalue weighted by molar-refractivity contribution is -0.123. The summed E-state index contributed by atoms with van der Waals surface area (Å²) in [7, 11) is 0. The van der Waals surface area contributed by atoms with Gasteiger partial charge in [0.15, 0.2) is 11.9 Å². The topological polar surface area (TPSA) is 85.6 Å². The molecule has 1 aromatic heterocycles. The summed E-state index contributed by atoms with van der Waals surface area (Å²) in [5.74, 6) is -1.58. The smallest absolute Gasteiger partial charge is 0.375 e. The van der Waals surface area contributed by atoms with Gasteiger partial charge in [-0.2, -0.15) is 0 Å². The first-order valence-electron chi connectivity index (χ1n) is 8.82. The highest BCUT2D eigenvalue weighted by Crippen LogP contribution is 2.23. The van der Waals surface area contributed by atoms with Crippen LogP contribution in [-0.2, 0) is 9.53 Å². The van der Waals surface area contributed by atoms with Gasteiger partial charge >= 0.3 is 5.97 Å². The Morgan fingerprint density at radius 2 is 1.76 bits per heavy atom. The van der Waals surface area contributed by atoms with E-state index in [1.54, 1.807) is 24.3 Å². The number of furan rings is 1. The number of amides is 1. The zero-order valence-electron chi connectivity index (χ0n) is 15.8. The predicted octanol–water partition coefficient (Wildman–Crippen LogP) is 4.47. The fourth-order valence-electron chi connectivity index (χ4n) is 2.55. The molecule has 7 heteroatoms. The van der Waals surface area contributed by atoms with Crippen LogP contribution in [0, 0.1) is 5.82 Å². The van der Waals surface area contributed by atoms with Crippen molar-refractivity contribution in [2.24, 2.45) is 0 Å². The van der Waals surface area contributed by atoms with Crippen molar-refractivity contribution >= 4 is 23.3 Å². The maximum absolute atomic E-state index is 13.0. The predicted molar refractivity (Wildman–Crippen MR) is 104 cm³/mol. The van der Waals surface area contributed by atoms with Gasteiger partial charge in [0.2, 0.25) is 5.76 Å². The molecule has 0 spiro atoms. The number of carbonyl (C=O) groups excluding carboxylic acids is 3. The van der Waals surface area contributed by atoms with Crippen molar-refractivity contribution in [3.8, 4) is 11.3 Å². The highest BCUT2D eigenvalue weighted by atomic mass is 19.1. The van der Waals surface area contributed by atoms with Gasteiger partial charge in [0.05, 0.1) is 0 Å². The summed E-state index contributed by atoms with van der Waals surface area (Å²) in [6, 6.07) is 15.0. The summed E-state index contributed by atoms with van der Waals surface area (Å²) in [5.41, 5.74) is 1.47. The minimum absolute atomic E-state index is 0.0810. The number of halogens is 1. The first kappa shape index (κ1) is 20.0. The van der Waals surface area contributed by atoms with Gasteiger partial charge < -0.3 is 14.5 Å². The van der Waals surface area contributed by atoms with Gasteiger partial charge in [0, 0.05) is 16.8 Å². The van der Waals surface area contributed by atoms with E-state index in [2.05, 4.69) is 5.32 Å². The molecule has 0 fully saturated rings. The lowest BCUT2D eigenvalue weighted by Crippen LogP contribution is -2.29. The molecule has 0 radical (unpaired) electrons. The maximum Gasteiger partial charge on any atom is 0.375 e. The average Bonchev–Trinajstić information content (AvgIpc) is 3.19. The zero-order valence-corrected chi connectivity index (χ0v) is 15.8. The molecule has 0 bridgehead atoms. The molecule has 148 valence electrons. The van der Waals surface area contributed by atoms with E-state index in [1.165, 1.54) is 50.2 Å². The van der Waals surface area contributed by atoms with Gasteiger partial charge in [-0.3, -0.25) is 9.59 Å². The fraction of sp³-hybridized carbons (Fsp3) is 0.136. The van der Waals surface area contributed by atoms with Crippen molar-refractivity contribution in [2.75, 3.05) is 5.32 Å². The van der Waals surface area contributed by atoms with Gasteiger partial charge in [0.1, 0.15) is 11.6 Å². The number of ketones is 1. The molecular formula is C22H18FNO5.